The molecule has 0 N–H and O–H groups in total. The van der Waals surface area contributed by atoms with Crippen LogP contribution >= 0.6 is 0 Å². The van der Waals surface area contributed by atoms with E-state index in [9.17, 15) is 0 Å². The van der Waals surface area contributed by atoms with E-state index in [1.807, 2.05) is 26.2 Å². The summed E-state index contributed by atoms with van der Waals surface area (Å²) >= 11 is 0. The second kappa shape index (κ2) is 4.91. The zero-order valence-electron chi connectivity index (χ0n) is 9.79. The summed E-state index contributed by atoms with van der Waals surface area (Å²) in [5, 5.41) is 3.50. The Kier molecular flexibility index (Phi) is 4.85. The number of nitrogens with zero attached hydrogens (tertiary/aromatic N) is 2. The molecule has 0 saturated carbocycles. The van der Waals surface area contributed by atoms with Crippen molar-refractivity contribution in [3.63, 3.8) is 0 Å². The van der Waals surface area contributed by atoms with Gasteiger partial charge in [-0.25, -0.2) is 5.01 Å². The molecule has 0 aromatic heterocycles. The van der Waals surface area contributed by atoms with E-state index in [1.54, 1.807) is 12.3 Å². The highest BCUT2D eigenvalue weighted by atomic mass is 16.8. The molecular formula is C9H22N2O2. The lowest BCUT2D eigenvalue weighted by molar-refractivity contribution is -0.352. The predicted molar refractivity (Wildman–Crippen MR) is 52.8 cm³/mol. The molecule has 1 atom stereocenters. The van der Waals surface area contributed by atoms with Crippen LogP contribution in [0.2, 0.25) is 0 Å². The maximum absolute atomic E-state index is 5.56. The van der Waals surface area contributed by atoms with Crippen molar-refractivity contribution in [1.29, 1.82) is 0 Å². The number of ether oxygens (including phenoxy) is 1. The zero-order valence-corrected chi connectivity index (χ0v) is 9.79. The highest BCUT2D eigenvalue weighted by molar-refractivity contribution is 4.65. The van der Waals surface area contributed by atoms with Gasteiger partial charge in [0.25, 0.3) is 0 Å². The van der Waals surface area contributed by atoms with Gasteiger partial charge in [0.05, 0.1) is 0 Å². The van der Waals surface area contributed by atoms with Crippen LogP contribution in [0.25, 0.3) is 0 Å². The first-order chi connectivity index (χ1) is 5.79. The van der Waals surface area contributed by atoms with Crippen molar-refractivity contribution in [1.82, 2.24) is 10.2 Å². The minimum atomic E-state index is -0.236. The van der Waals surface area contributed by atoms with Crippen molar-refractivity contribution in [2.24, 2.45) is 5.41 Å². The van der Waals surface area contributed by atoms with Crippen LogP contribution in [0, 0.1) is 5.41 Å². The summed E-state index contributed by atoms with van der Waals surface area (Å²) in [4.78, 5) is 5.56. The van der Waals surface area contributed by atoms with Crippen molar-refractivity contribution in [2.75, 3.05) is 28.3 Å². The Morgan fingerprint density at radius 1 is 1.08 bits per heavy atom. The lowest BCUT2D eigenvalue weighted by Crippen LogP contribution is -2.42. The summed E-state index contributed by atoms with van der Waals surface area (Å²) in [6.07, 6.45) is -0.236. The normalized spacial score (nSPS) is 15.5. The van der Waals surface area contributed by atoms with Crippen molar-refractivity contribution >= 4 is 0 Å². The van der Waals surface area contributed by atoms with E-state index in [2.05, 4.69) is 20.8 Å². The molecule has 0 aliphatic rings. The van der Waals surface area contributed by atoms with Gasteiger partial charge in [0.1, 0.15) is 0 Å². The molecule has 0 aromatic rings. The number of rotatable bonds is 4. The van der Waals surface area contributed by atoms with Gasteiger partial charge in [0.15, 0.2) is 6.29 Å². The van der Waals surface area contributed by atoms with Crippen molar-refractivity contribution in [3.05, 3.63) is 0 Å². The van der Waals surface area contributed by atoms with Gasteiger partial charge in [-0.1, -0.05) is 20.8 Å². The first-order valence-electron chi connectivity index (χ1n) is 4.39. The van der Waals surface area contributed by atoms with E-state index < -0.39 is 0 Å². The van der Waals surface area contributed by atoms with Crippen LogP contribution in [0.5, 0.6) is 0 Å². The SMILES string of the molecule is COC(ON(C)N(C)C)C(C)(C)C. The zero-order chi connectivity index (χ0) is 10.6. The Hall–Kier alpha value is -0.160. The maximum atomic E-state index is 5.56. The molecule has 0 radical (unpaired) electrons. The fourth-order valence-corrected chi connectivity index (χ4v) is 0.788. The van der Waals surface area contributed by atoms with Crippen molar-refractivity contribution < 1.29 is 9.57 Å². The first-order valence-corrected chi connectivity index (χ1v) is 4.39. The summed E-state index contributed by atoms with van der Waals surface area (Å²) < 4.78 is 5.24. The Morgan fingerprint density at radius 3 is 1.77 bits per heavy atom. The molecule has 0 bridgehead atoms. The molecule has 0 amide bonds. The molecule has 0 saturated heterocycles. The molecule has 80 valence electrons. The number of hydrogen-bond acceptors (Lipinski definition) is 4. The number of methoxy groups -OCH3 is 1. The molecule has 1 unspecified atom stereocenters. The van der Waals surface area contributed by atoms with E-state index in [1.165, 1.54) is 0 Å². The van der Waals surface area contributed by atoms with Gasteiger partial charge in [-0.3, -0.25) is 4.84 Å². The van der Waals surface area contributed by atoms with Crippen LogP contribution in [-0.4, -0.2) is 44.7 Å². The molecule has 0 aliphatic heterocycles. The summed E-state index contributed by atoms with van der Waals surface area (Å²) in [5.74, 6) is 0. The van der Waals surface area contributed by atoms with E-state index in [4.69, 9.17) is 9.57 Å². The highest BCUT2D eigenvalue weighted by Gasteiger charge is 2.27. The molecule has 0 heterocycles. The van der Waals surface area contributed by atoms with Gasteiger partial charge < -0.3 is 4.74 Å². The second-order valence-electron chi connectivity index (χ2n) is 4.35. The largest absolute Gasteiger partial charge is 0.354 e. The number of hydrazine groups is 1. The summed E-state index contributed by atoms with van der Waals surface area (Å²) in [6, 6.07) is 0. The smallest absolute Gasteiger partial charge is 0.183 e. The topological polar surface area (TPSA) is 24.9 Å². The van der Waals surface area contributed by atoms with Gasteiger partial charge in [0.2, 0.25) is 0 Å². The quantitative estimate of drug-likeness (QED) is 0.493. The van der Waals surface area contributed by atoms with E-state index >= 15 is 0 Å². The molecule has 13 heavy (non-hydrogen) atoms. The van der Waals surface area contributed by atoms with Crippen LogP contribution in [0.15, 0.2) is 0 Å². The van der Waals surface area contributed by atoms with Crippen molar-refractivity contribution in [3.8, 4) is 0 Å². The summed E-state index contributed by atoms with van der Waals surface area (Å²) in [6.45, 7) is 6.22. The molecular weight excluding hydrogens is 168 g/mol. The lowest BCUT2D eigenvalue weighted by Gasteiger charge is -2.34. The molecule has 0 spiro atoms. The van der Waals surface area contributed by atoms with Gasteiger partial charge in [-0.15, -0.1) is 5.17 Å². The standard InChI is InChI=1S/C9H22N2O2/c1-9(2,3)8(12-7)13-11(6)10(4)5/h8H,1-7H3. The lowest BCUT2D eigenvalue weighted by atomic mass is 9.96. The van der Waals surface area contributed by atoms with Gasteiger partial charge in [-0.2, -0.15) is 0 Å². The highest BCUT2D eigenvalue weighted by Crippen LogP contribution is 2.23. The summed E-state index contributed by atoms with van der Waals surface area (Å²) in [5.41, 5.74) is -0.0288. The van der Waals surface area contributed by atoms with Gasteiger partial charge >= 0.3 is 0 Å². The maximum Gasteiger partial charge on any atom is 0.183 e. The fourth-order valence-electron chi connectivity index (χ4n) is 0.788. The van der Waals surface area contributed by atoms with Gasteiger partial charge in [-0.05, 0) is 0 Å². The third kappa shape index (κ3) is 4.57. The van der Waals surface area contributed by atoms with E-state index in [-0.39, 0.29) is 11.7 Å². The third-order valence-electron chi connectivity index (χ3n) is 1.73. The van der Waals surface area contributed by atoms with Crippen LogP contribution in [-0.2, 0) is 9.57 Å². The summed E-state index contributed by atoms with van der Waals surface area (Å²) in [7, 11) is 7.32. The van der Waals surface area contributed by atoms with Crippen molar-refractivity contribution in [2.45, 2.75) is 27.1 Å². The van der Waals surface area contributed by atoms with Crippen LogP contribution in [0.3, 0.4) is 0 Å². The van der Waals surface area contributed by atoms with Crippen LogP contribution in [0.1, 0.15) is 20.8 Å². The Labute approximate surface area is 81.3 Å². The monoisotopic (exact) mass is 190 g/mol. The fraction of sp³-hybridized carbons (Fsp3) is 1.00. The molecule has 4 heteroatoms. The number of hydroxylamine groups is 1. The second-order valence-corrected chi connectivity index (χ2v) is 4.35. The Balaban J connectivity index is 4.14. The number of hydrogen-bond donors (Lipinski definition) is 0. The predicted octanol–water partition coefficient (Wildman–Crippen LogP) is 1.34. The van der Waals surface area contributed by atoms with E-state index in [0.717, 1.165) is 0 Å². The van der Waals surface area contributed by atoms with Gasteiger partial charge in [0, 0.05) is 33.7 Å². The molecule has 0 aromatic carbocycles. The molecule has 4 nitrogen and oxygen atoms in total. The first kappa shape index (κ1) is 12.8. The van der Waals surface area contributed by atoms with E-state index in [0.29, 0.717) is 0 Å². The molecule has 0 aliphatic carbocycles. The molecule has 0 rings (SSSR count). The average Bonchev–Trinajstić information content (AvgIpc) is 1.96. The van der Waals surface area contributed by atoms with Crippen LogP contribution < -0.4 is 0 Å². The minimum Gasteiger partial charge on any atom is -0.354 e. The average molecular weight is 190 g/mol. The third-order valence-corrected chi connectivity index (χ3v) is 1.73. The Morgan fingerprint density at radius 2 is 1.54 bits per heavy atom. The Bertz CT molecular complexity index is 143. The minimum absolute atomic E-state index is 0.0288. The molecule has 0 fully saturated rings. The van der Waals surface area contributed by atoms with Crippen LogP contribution in [0.4, 0.5) is 0 Å².